The second kappa shape index (κ2) is 11.9. The van der Waals surface area contributed by atoms with Crippen molar-refractivity contribution in [1.82, 2.24) is 29.3 Å². The molecule has 6 nitrogen and oxygen atoms in total. The molecule has 0 saturated carbocycles. The van der Waals surface area contributed by atoms with Gasteiger partial charge in [0.2, 0.25) is 0 Å². The Hall–Kier alpha value is -6.79. The van der Waals surface area contributed by atoms with Crippen molar-refractivity contribution in [3.8, 4) is 45.3 Å². The summed E-state index contributed by atoms with van der Waals surface area (Å²) in [6, 6.07) is 53.4. The second-order valence-corrected chi connectivity index (χ2v) is 14.7. The lowest BCUT2D eigenvalue weighted by molar-refractivity contribution is 0.588. The topological polar surface area (TPSA) is 64.3 Å². The van der Waals surface area contributed by atoms with Crippen LogP contribution in [0.1, 0.15) is 26.3 Å². The maximum Gasteiger partial charge on any atom is 0.146 e. The smallest absolute Gasteiger partial charge is 0.146 e. The summed E-state index contributed by atoms with van der Waals surface area (Å²) in [6.07, 6.45) is 1.93. The molecule has 0 spiro atoms. The van der Waals surface area contributed by atoms with Crippen LogP contribution in [-0.4, -0.2) is 29.3 Å². The predicted octanol–water partition coefficient (Wildman–Crippen LogP) is 11.7. The lowest BCUT2D eigenvalue weighted by Crippen LogP contribution is -2.12. The molecule has 10 rings (SSSR count). The average molecular weight is 685 g/mol. The molecule has 5 aromatic heterocycles. The standard InChI is InChI=1S/C47H36N6/c1-47(2,3)32-26-27-48-42(28-32)53-40-21-13-10-18-34(40)36-23-22-33(29-41(36)53)52-39-20-12-11-19-35(39)37-24-25-38(49-46(37)52)45-43(30-14-6-4-7-15-30)44(50-51-45)31-16-8-5-9-17-31/h4-29H,1-3H3,(H,50,51). The highest BCUT2D eigenvalue weighted by Crippen LogP contribution is 2.40. The molecular formula is C47H36N6. The molecule has 254 valence electrons. The van der Waals surface area contributed by atoms with E-state index in [-0.39, 0.29) is 5.41 Å². The SMILES string of the molecule is CC(C)(C)c1ccnc(-n2c3ccccc3c3ccc(-n4c5ccccc5c5ccc(-c6[nH]nc(-c7ccccc7)c6-c6ccccc6)nc54)cc32)c1. The van der Waals surface area contributed by atoms with Gasteiger partial charge in [0.1, 0.15) is 17.2 Å². The summed E-state index contributed by atoms with van der Waals surface area (Å²) in [7, 11) is 0. The molecule has 53 heavy (non-hydrogen) atoms. The first-order chi connectivity index (χ1) is 25.9. The van der Waals surface area contributed by atoms with Crippen LogP contribution >= 0.6 is 0 Å². The molecule has 0 unspecified atom stereocenters. The lowest BCUT2D eigenvalue weighted by Gasteiger charge is -2.20. The Morgan fingerprint density at radius 1 is 0.547 bits per heavy atom. The number of H-pyrrole nitrogens is 1. The van der Waals surface area contributed by atoms with Gasteiger partial charge in [0.25, 0.3) is 0 Å². The van der Waals surface area contributed by atoms with Crippen LogP contribution in [0.5, 0.6) is 0 Å². The fourth-order valence-electron chi connectivity index (χ4n) is 7.81. The van der Waals surface area contributed by atoms with Gasteiger partial charge in [-0.3, -0.25) is 14.2 Å². The minimum atomic E-state index is -0.00908. The first-order valence-corrected chi connectivity index (χ1v) is 18.0. The third kappa shape index (κ3) is 4.98. The van der Waals surface area contributed by atoms with E-state index in [1.54, 1.807) is 0 Å². The van der Waals surface area contributed by atoms with E-state index in [0.29, 0.717) is 0 Å². The van der Waals surface area contributed by atoms with Crippen LogP contribution in [0.3, 0.4) is 0 Å². The number of nitrogens with one attached hydrogen (secondary N) is 1. The van der Waals surface area contributed by atoms with Crippen molar-refractivity contribution >= 4 is 43.7 Å². The van der Waals surface area contributed by atoms with E-state index in [0.717, 1.165) is 78.2 Å². The van der Waals surface area contributed by atoms with Crippen molar-refractivity contribution in [3.05, 3.63) is 163 Å². The third-order valence-electron chi connectivity index (χ3n) is 10.4. The maximum absolute atomic E-state index is 5.47. The number of fused-ring (bicyclic) bond motifs is 6. The van der Waals surface area contributed by atoms with Gasteiger partial charge >= 0.3 is 0 Å². The molecule has 0 fully saturated rings. The molecule has 0 atom stereocenters. The Labute approximate surface area is 307 Å². The Balaban J connectivity index is 1.22. The lowest BCUT2D eigenvalue weighted by atomic mass is 9.88. The van der Waals surface area contributed by atoms with Crippen molar-refractivity contribution in [2.45, 2.75) is 26.2 Å². The molecule has 0 radical (unpaired) electrons. The van der Waals surface area contributed by atoms with Gasteiger partial charge in [-0.15, -0.1) is 0 Å². The minimum absolute atomic E-state index is 0.00908. The van der Waals surface area contributed by atoms with Crippen LogP contribution in [-0.2, 0) is 5.41 Å². The Morgan fingerprint density at radius 2 is 1.17 bits per heavy atom. The van der Waals surface area contributed by atoms with Crippen molar-refractivity contribution < 1.29 is 0 Å². The molecule has 0 aliphatic rings. The van der Waals surface area contributed by atoms with Crippen LogP contribution in [0.2, 0.25) is 0 Å². The quantitative estimate of drug-likeness (QED) is 0.196. The number of aromatic nitrogens is 6. The maximum atomic E-state index is 5.47. The molecule has 0 saturated heterocycles. The number of nitrogens with zero attached hydrogens (tertiary/aromatic N) is 5. The number of benzene rings is 5. The van der Waals surface area contributed by atoms with Gasteiger partial charge in [-0.1, -0.05) is 124 Å². The Bertz CT molecular complexity index is 2980. The average Bonchev–Trinajstić information content (AvgIpc) is 3.88. The van der Waals surface area contributed by atoms with E-state index in [9.17, 15) is 0 Å². The molecule has 0 bridgehead atoms. The van der Waals surface area contributed by atoms with E-state index in [1.807, 2.05) is 18.3 Å². The fraction of sp³-hybridized carbons (Fsp3) is 0.0851. The summed E-state index contributed by atoms with van der Waals surface area (Å²) >= 11 is 0. The highest BCUT2D eigenvalue weighted by atomic mass is 15.1. The van der Waals surface area contributed by atoms with Crippen LogP contribution < -0.4 is 0 Å². The summed E-state index contributed by atoms with van der Waals surface area (Å²) in [6.45, 7) is 6.73. The van der Waals surface area contributed by atoms with Gasteiger partial charge in [-0.05, 0) is 65.1 Å². The number of pyridine rings is 2. The van der Waals surface area contributed by atoms with Crippen LogP contribution in [0.25, 0.3) is 89.0 Å². The van der Waals surface area contributed by atoms with E-state index < -0.39 is 0 Å². The third-order valence-corrected chi connectivity index (χ3v) is 10.4. The van der Waals surface area contributed by atoms with E-state index in [2.05, 4.69) is 175 Å². The van der Waals surface area contributed by atoms with Gasteiger partial charge < -0.3 is 0 Å². The molecular weight excluding hydrogens is 649 g/mol. The highest BCUT2D eigenvalue weighted by molar-refractivity contribution is 6.11. The summed E-state index contributed by atoms with van der Waals surface area (Å²) in [4.78, 5) is 10.4. The highest BCUT2D eigenvalue weighted by Gasteiger charge is 2.23. The van der Waals surface area contributed by atoms with Crippen LogP contribution in [0.4, 0.5) is 0 Å². The molecule has 5 heterocycles. The van der Waals surface area contributed by atoms with Gasteiger partial charge in [0.05, 0.1) is 27.9 Å². The van der Waals surface area contributed by atoms with Crippen molar-refractivity contribution in [2.24, 2.45) is 0 Å². The van der Waals surface area contributed by atoms with Gasteiger partial charge in [0.15, 0.2) is 0 Å². The van der Waals surface area contributed by atoms with Gasteiger partial charge in [-0.25, -0.2) is 9.97 Å². The number of hydrogen-bond donors (Lipinski definition) is 1. The molecule has 6 heteroatoms. The zero-order chi connectivity index (χ0) is 35.7. The van der Waals surface area contributed by atoms with Gasteiger partial charge in [-0.2, -0.15) is 5.10 Å². The van der Waals surface area contributed by atoms with Crippen molar-refractivity contribution in [2.75, 3.05) is 0 Å². The predicted molar refractivity (Wildman–Crippen MR) is 218 cm³/mol. The van der Waals surface area contributed by atoms with E-state index in [1.165, 1.54) is 16.3 Å². The first kappa shape index (κ1) is 31.0. The number of aromatic amines is 1. The number of rotatable bonds is 5. The number of hydrogen-bond acceptors (Lipinski definition) is 3. The summed E-state index contributed by atoms with van der Waals surface area (Å²) in [5.74, 6) is 0.908. The minimum Gasteiger partial charge on any atom is -0.294 e. The molecule has 0 amide bonds. The second-order valence-electron chi connectivity index (χ2n) is 14.7. The Kier molecular flexibility index (Phi) is 6.95. The van der Waals surface area contributed by atoms with Crippen molar-refractivity contribution in [3.63, 3.8) is 0 Å². The zero-order valence-electron chi connectivity index (χ0n) is 29.7. The van der Waals surface area contributed by atoms with Crippen molar-refractivity contribution in [1.29, 1.82) is 0 Å². The monoisotopic (exact) mass is 684 g/mol. The normalized spacial score (nSPS) is 12.1. The van der Waals surface area contributed by atoms with E-state index >= 15 is 0 Å². The molecule has 5 aromatic carbocycles. The summed E-state index contributed by atoms with van der Waals surface area (Å²) < 4.78 is 4.60. The molecule has 0 aliphatic heterocycles. The summed E-state index contributed by atoms with van der Waals surface area (Å²) in [5.41, 5.74) is 12.2. The molecule has 1 N–H and O–H groups in total. The Morgan fingerprint density at radius 3 is 1.91 bits per heavy atom. The number of para-hydroxylation sites is 2. The van der Waals surface area contributed by atoms with E-state index in [4.69, 9.17) is 15.1 Å². The summed E-state index contributed by atoms with van der Waals surface area (Å²) in [5, 5.41) is 12.9. The largest absolute Gasteiger partial charge is 0.294 e. The molecule has 0 aliphatic carbocycles. The fourth-order valence-corrected chi connectivity index (χ4v) is 7.81. The van der Waals surface area contributed by atoms with Gasteiger partial charge in [0, 0.05) is 44.6 Å². The van der Waals surface area contributed by atoms with Crippen LogP contribution in [0.15, 0.2) is 158 Å². The molecule has 10 aromatic rings. The first-order valence-electron chi connectivity index (χ1n) is 18.0. The van der Waals surface area contributed by atoms with Crippen LogP contribution in [0, 0.1) is 0 Å². The zero-order valence-corrected chi connectivity index (χ0v) is 29.7.